The molecule has 4 nitrogen and oxygen atoms in total. The third kappa shape index (κ3) is 3.59. The highest BCUT2D eigenvalue weighted by Gasteiger charge is 2.09. The van der Waals surface area contributed by atoms with E-state index in [4.69, 9.17) is 0 Å². The van der Waals surface area contributed by atoms with Crippen molar-refractivity contribution in [1.82, 2.24) is 4.98 Å². The largest absolute Gasteiger partial charge is 0.361 e. The Bertz CT molecular complexity index is 838. The Morgan fingerprint density at radius 3 is 2.79 bits per heavy atom. The minimum absolute atomic E-state index is 0.232. The Kier molecular flexibility index (Phi) is 4.85. The highest BCUT2D eigenvalue weighted by atomic mass is 16.2. The van der Waals surface area contributed by atoms with Crippen LogP contribution in [0.25, 0.3) is 10.9 Å². The van der Waals surface area contributed by atoms with Crippen molar-refractivity contribution in [2.24, 2.45) is 0 Å². The predicted molar refractivity (Wildman–Crippen MR) is 101 cm³/mol. The third-order valence-corrected chi connectivity index (χ3v) is 4.28. The second-order valence-corrected chi connectivity index (χ2v) is 6.14. The monoisotopic (exact) mass is 321 g/mol. The second-order valence-electron chi connectivity index (χ2n) is 6.14. The number of hydrogen-bond donors (Lipinski definition) is 3. The van der Waals surface area contributed by atoms with Crippen molar-refractivity contribution in [1.29, 1.82) is 0 Å². The fraction of sp³-hybridized carbons (Fsp3) is 0.250. The quantitative estimate of drug-likeness (QED) is 0.553. The standard InChI is InChI=1S/C20H23N3O/c1-3-6-14(2)15-7-4-8-16(13-15)22-20(24)23-19-10-5-9-18-17(19)11-12-21-18/h4-5,7-14,21H,3,6H2,1-2H3,(H2,22,23,24). The fourth-order valence-corrected chi connectivity index (χ4v) is 3.00. The Hall–Kier alpha value is -2.75. The van der Waals surface area contributed by atoms with Crippen LogP contribution in [0.4, 0.5) is 16.2 Å². The van der Waals surface area contributed by atoms with Crippen LogP contribution in [0.15, 0.2) is 54.7 Å². The smallest absolute Gasteiger partial charge is 0.323 e. The molecular weight excluding hydrogens is 298 g/mol. The molecule has 2 amide bonds. The van der Waals surface area contributed by atoms with Crippen molar-refractivity contribution >= 4 is 28.3 Å². The Morgan fingerprint density at radius 1 is 1.12 bits per heavy atom. The van der Waals surface area contributed by atoms with Crippen LogP contribution in [0.2, 0.25) is 0 Å². The molecule has 0 radical (unpaired) electrons. The molecule has 0 aliphatic carbocycles. The number of carbonyl (C=O) groups excluding carboxylic acids is 1. The van der Waals surface area contributed by atoms with E-state index in [-0.39, 0.29) is 6.03 Å². The van der Waals surface area contributed by atoms with Gasteiger partial charge in [-0.2, -0.15) is 0 Å². The molecular formula is C20H23N3O. The van der Waals surface area contributed by atoms with Crippen molar-refractivity contribution in [2.75, 3.05) is 10.6 Å². The first-order chi connectivity index (χ1) is 11.7. The highest BCUT2D eigenvalue weighted by molar-refractivity contribution is 6.05. The van der Waals surface area contributed by atoms with Gasteiger partial charge in [0.25, 0.3) is 0 Å². The summed E-state index contributed by atoms with van der Waals surface area (Å²) in [4.78, 5) is 15.5. The van der Waals surface area contributed by atoms with Crippen molar-refractivity contribution in [2.45, 2.75) is 32.6 Å². The molecule has 4 heteroatoms. The zero-order valence-electron chi connectivity index (χ0n) is 14.1. The number of amides is 2. The summed E-state index contributed by atoms with van der Waals surface area (Å²) in [6.45, 7) is 4.41. The van der Waals surface area contributed by atoms with Gasteiger partial charge in [-0.1, -0.05) is 38.5 Å². The number of anilines is 2. The molecule has 24 heavy (non-hydrogen) atoms. The predicted octanol–water partition coefficient (Wildman–Crippen LogP) is 5.72. The Balaban J connectivity index is 1.71. The lowest BCUT2D eigenvalue weighted by Crippen LogP contribution is -2.19. The van der Waals surface area contributed by atoms with Crippen LogP contribution < -0.4 is 10.6 Å². The lowest BCUT2D eigenvalue weighted by molar-refractivity contribution is 0.262. The van der Waals surface area contributed by atoms with Gasteiger partial charge < -0.3 is 15.6 Å². The summed E-state index contributed by atoms with van der Waals surface area (Å²) in [7, 11) is 0. The van der Waals surface area contributed by atoms with Gasteiger partial charge >= 0.3 is 6.03 Å². The second kappa shape index (κ2) is 7.21. The maximum atomic E-state index is 12.3. The molecule has 0 aliphatic rings. The van der Waals surface area contributed by atoms with Gasteiger partial charge in [-0.15, -0.1) is 0 Å². The summed E-state index contributed by atoms with van der Waals surface area (Å²) in [5.41, 5.74) is 3.86. The lowest BCUT2D eigenvalue weighted by Gasteiger charge is -2.13. The number of rotatable bonds is 5. The molecule has 1 unspecified atom stereocenters. The number of nitrogens with one attached hydrogen (secondary N) is 3. The molecule has 0 spiro atoms. The normalized spacial score (nSPS) is 12.1. The Morgan fingerprint density at radius 2 is 1.96 bits per heavy atom. The van der Waals surface area contributed by atoms with E-state index in [1.54, 1.807) is 0 Å². The summed E-state index contributed by atoms with van der Waals surface area (Å²) >= 11 is 0. The fourth-order valence-electron chi connectivity index (χ4n) is 3.00. The first-order valence-corrected chi connectivity index (χ1v) is 8.41. The van der Waals surface area contributed by atoms with Crippen molar-refractivity contribution in [3.05, 3.63) is 60.3 Å². The number of aromatic amines is 1. The summed E-state index contributed by atoms with van der Waals surface area (Å²) in [5.74, 6) is 0.494. The van der Waals surface area contributed by atoms with E-state index in [0.29, 0.717) is 5.92 Å². The zero-order chi connectivity index (χ0) is 16.9. The maximum Gasteiger partial charge on any atom is 0.323 e. The van der Waals surface area contributed by atoms with Crippen LogP contribution in [0, 0.1) is 0 Å². The number of H-pyrrole nitrogens is 1. The van der Waals surface area contributed by atoms with Crippen molar-refractivity contribution < 1.29 is 4.79 Å². The summed E-state index contributed by atoms with van der Waals surface area (Å²) in [5, 5.41) is 6.85. The molecule has 2 aromatic carbocycles. The SMILES string of the molecule is CCCC(C)c1cccc(NC(=O)Nc2cccc3[nH]ccc23)c1. The van der Waals surface area contributed by atoms with Gasteiger partial charge in [0.05, 0.1) is 5.69 Å². The molecule has 3 N–H and O–H groups in total. The van der Waals surface area contributed by atoms with E-state index in [0.717, 1.165) is 35.1 Å². The molecule has 1 heterocycles. The Labute approximate surface area is 142 Å². The molecule has 1 atom stereocenters. The summed E-state index contributed by atoms with van der Waals surface area (Å²) in [6, 6.07) is 15.6. The van der Waals surface area contributed by atoms with Gasteiger partial charge in [-0.25, -0.2) is 4.79 Å². The molecule has 0 fully saturated rings. The minimum Gasteiger partial charge on any atom is -0.361 e. The average Bonchev–Trinajstić information content (AvgIpc) is 3.05. The molecule has 0 aliphatic heterocycles. The number of urea groups is 1. The highest BCUT2D eigenvalue weighted by Crippen LogP contribution is 2.24. The van der Waals surface area contributed by atoms with Gasteiger partial charge in [0.1, 0.15) is 0 Å². The summed E-state index contributed by atoms with van der Waals surface area (Å²) in [6.07, 6.45) is 4.16. The molecule has 0 saturated heterocycles. The summed E-state index contributed by atoms with van der Waals surface area (Å²) < 4.78 is 0. The maximum absolute atomic E-state index is 12.3. The number of aromatic nitrogens is 1. The van der Waals surface area contributed by atoms with Gasteiger partial charge in [-0.05, 0) is 48.2 Å². The number of hydrogen-bond acceptors (Lipinski definition) is 1. The third-order valence-electron chi connectivity index (χ3n) is 4.28. The minimum atomic E-state index is -0.232. The molecule has 0 bridgehead atoms. The van der Waals surface area contributed by atoms with E-state index >= 15 is 0 Å². The van der Waals surface area contributed by atoms with Crippen LogP contribution in [0.3, 0.4) is 0 Å². The first kappa shape index (κ1) is 16.1. The zero-order valence-corrected chi connectivity index (χ0v) is 14.1. The van der Waals surface area contributed by atoms with E-state index in [1.165, 1.54) is 5.56 Å². The molecule has 3 aromatic rings. The number of carbonyl (C=O) groups is 1. The first-order valence-electron chi connectivity index (χ1n) is 8.41. The number of fused-ring (bicyclic) bond motifs is 1. The lowest BCUT2D eigenvalue weighted by atomic mass is 9.96. The van der Waals surface area contributed by atoms with Crippen LogP contribution in [-0.4, -0.2) is 11.0 Å². The van der Waals surface area contributed by atoms with Crippen LogP contribution in [-0.2, 0) is 0 Å². The molecule has 3 rings (SSSR count). The topological polar surface area (TPSA) is 56.9 Å². The van der Waals surface area contributed by atoms with E-state index in [1.807, 2.05) is 42.6 Å². The van der Waals surface area contributed by atoms with Gasteiger partial charge in [0.15, 0.2) is 0 Å². The van der Waals surface area contributed by atoms with Gasteiger partial charge in [-0.3, -0.25) is 0 Å². The molecule has 124 valence electrons. The van der Waals surface area contributed by atoms with E-state index in [9.17, 15) is 4.79 Å². The van der Waals surface area contributed by atoms with Gasteiger partial charge in [0, 0.05) is 22.8 Å². The van der Waals surface area contributed by atoms with Crippen molar-refractivity contribution in [3.8, 4) is 0 Å². The van der Waals surface area contributed by atoms with Crippen LogP contribution in [0.5, 0.6) is 0 Å². The van der Waals surface area contributed by atoms with Gasteiger partial charge in [0.2, 0.25) is 0 Å². The number of benzene rings is 2. The van der Waals surface area contributed by atoms with Crippen LogP contribution >= 0.6 is 0 Å². The van der Waals surface area contributed by atoms with E-state index < -0.39 is 0 Å². The average molecular weight is 321 g/mol. The van der Waals surface area contributed by atoms with E-state index in [2.05, 4.69) is 41.6 Å². The molecule has 1 aromatic heterocycles. The van der Waals surface area contributed by atoms with Crippen molar-refractivity contribution in [3.63, 3.8) is 0 Å². The van der Waals surface area contributed by atoms with Crippen LogP contribution in [0.1, 0.15) is 38.2 Å². The molecule has 0 saturated carbocycles.